The van der Waals surface area contributed by atoms with Gasteiger partial charge < -0.3 is 9.15 Å². The van der Waals surface area contributed by atoms with Gasteiger partial charge in [-0.3, -0.25) is 5.32 Å². The third kappa shape index (κ3) is 3.50. The number of nitrogens with zero attached hydrogens (tertiary/aromatic N) is 3. The number of methoxy groups -OCH3 is 1. The number of ether oxygens (including phenoxy) is 1. The maximum atomic E-state index is 5.75. The highest BCUT2D eigenvalue weighted by molar-refractivity contribution is 7.22. The van der Waals surface area contributed by atoms with E-state index in [-0.39, 0.29) is 5.41 Å². The average molecular weight is 380 g/mol. The maximum absolute atomic E-state index is 5.75. The van der Waals surface area contributed by atoms with E-state index < -0.39 is 0 Å². The standard InChI is InChI=1S/C20H20N4O2S/c1-20(2,3)13-10-8-12(9-11-13)17-23-24-18(26-17)22-19-21-16-14(25-4)6-5-7-15(16)27-19/h5-11H,1-4H3,(H,21,22,24). The molecule has 0 atom stereocenters. The van der Waals surface area contributed by atoms with Crippen LogP contribution in [-0.2, 0) is 5.41 Å². The van der Waals surface area contributed by atoms with Crippen molar-refractivity contribution in [1.82, 2.24) is 15.2 Å². The molecule has 0 saturated heterocycles. The van der Waals surface area contributed by atoms with Crippen molar-refractivity contribution in [2.75, 3.05) is 12.4 Å². The largest absolute Gasteiger partial charge is 0.494 e. The van der Waals surface area contributed by atoms with Crippen LogP contribution >= 0.6 is 11.3 Å². The number of hydrogen-bond acceptors (Lipinski definition) is 7. The van der Waals surface area contributed by atoms with E-state index in [0.717, 1.165) is 21.5 Å². The molecule has 2 aromatic carbocycles. The molecule has 0 fully saturated rings. The predicted molar refractivity (Wildman–Crippen MR) is 108 cm³/mol. The number of thiazole rings is 1. The first-order valence-corrected chi connectivity index (χ1v) is 9.41. The van der Waals surface area contributed by atoms with Crippen LogP contribution in [-0.4, -0.2) is 22.3 Å². The summed E-state index contributed by atoms with van der Waals surface area (Å²) in [6.07, 6.45) is 0. The van der Waals surface area contributed by atoms with Crippen molar-refractivity contribution in [3.05, 3.63) is 48.0 Å². The van der Waals surface area contributed by atoms with Gasteiger partial charge in [-0.1, -0.05) is 55.4 Å². The lowest BCUT2D eigenvalue weighted by molar-refractivity contribution is 0.419. The number of benzene rings is 2. The zero-order valence-electron chi connectivity index (χ0n) is 15.6. The van der Waals surface area contributed by atoms with E-state index in [2.05, 4.69) is 53.4 Å². The summed E-state index contributed by atoms with van der Waals surface area (Å²) in [6.45, 7) is 6.55. The van der Waals surface area contributed by atoms with Crippen LogP contribution in [0, 0.1) is 0 Å². The molecular weight excluding hydrogens is 360 g/mol. The molecule has 0 amide bonds. The molecule has 0 unspecified atom stereocenters. The Labute approximate surface area is 161 Å². The quantitative estimate of drug-likeness (QED) is 0.511. The Hall–Kier alpha value is -2.93. The predicted octanol–water partition coefficient (Wildman–Crippen LogP) is 5.40. The van der Waals surface area contributed by atoms with Crippen molar-refractivity contribution in [3.63, 3.8) is 0 Å². The fourth-order valence-electron chi connectivity index (χ4n) is 2.74. The van der Waals surface area contributed by atoms with E-state index in [1.165, 1.54) is 16.9 Å². The molecule has 1 N–H and O–H groups in total. The van der Waals surface area contributed by atoms with Crippen LogP contribution in [0.5, 0.6) is 5.75 Å². The highest BCUT2D eigenvalue weighted by Gasteiger charge is 2.15. The molecule has 0 aliphatic heterocycles. The van der Waals surface area contributed by atoms with Gasteiger partial charge in [0, 0.05) is 5.56 Å². The first-order valence-electron chi connectivity index (χ1n) is 8.59. The minimum absolute atomic E-state index is 0.105. The van der Waals surface area contributed by atoms with Gasteiger partial charge in [0.2, 0.25) is 5.89 Å². The number of nitrogens with one attached hydrogen (secondary N) is 1. The topological polar surface area (TPSA) is 73.1 Å². The van der Waals surface area contributed by atoms with Gasteiger partial charge in [0.05, 0.1) is 11.8 Å². The van der Waals surface area contributed by atoms with Gasteiger partial charge in [0.25, 0.3) is 0 Å². The van der Waals surface area contributed by atoms with Crippen molar-refractivity contribution < 1.29 is 9.15 Å². The molecule has 6 nitrogen and oxygen atoms in total. The number of para-hydroxylation sites is 1. The van der Waals surface area contributed by atoms with Crippen LogP contribution in [0.25, 0.3) is 21.7 Å². The summed E-state index contributed by atoms with van der Waals surface area (Å²) in [4.78, 5) is 4.55. The smallest absolute Gasteiger partial charge is 0.322 e. The zero-order valence-corrected chi connectivity index (χ0v) is 16.4. The second-order valence-corrected chi connectivity index (χ2v) is 8.22. The summed E-state index contributed by atoms with van der Waals surface area (Å²) in [5.41, 5.74) is 3.06. The van der Waals surface area contributed by atoms with E-state index in [4.69, 9.17) is 9.15 Å². The highest BCUT2D eigenvalue weighted by Crippen LogP contribution is 2.33. The SMILES string of the molecule is COc1cccc2sc(Nc3nnc(-c4ccc(C(C)(C)C)cc4)o3)nc12. The Kier molecular flexibility index (Phi) is 4.31. The van der Waals surface area contributed by atoms with Gasteiger partial charge in [-0.25, -0.2) is 4.98 Å². The molecule has 0 radical (unpaired) electrons. The van der Waals surface area contributed by atoms with Gasteiger partial charge in [0.15, 0.2) is 5.13 Å². The van der Waals surface area contributed by atoms with Crippen molar-refractivity contribution in [3.8, 4) is 17.2 Å². The van der Waals surface area contributed by atoms with E-state index in [9.17, 15) is 0 Å². The first-order chi connectivity index (χ1) is 12.9. The lowest BCUT2D eigenvalue weighted by Crippen LogP contribution is -2.10. The van der Waals surface area contributed by atoms with Gasteiger partial charge >= 0.3 is 6.01 Å². The summed E-state index contributed by atoms with van der Waals surface area (Å²) < 4.78 is 12.1. The Balaban J connectivity index is 1.56. The maximum Gasteiger partial charge on any atom is 0.322 e. The second kappa shape index (κ2) is 6.66. The van der Waals surface area contributed by atoms with Gasteiger partial charge in [-0.2, -0.15) is 0 Å². The fraction of sp³-hybridized carbons (Fsp3) is 0.250. The lowest BCUT2D eigenvalue weighted by Gasteiger charge is -2.18. The van der Waals surface area contributed by atoms with Gasteiger partial charge in [0.1, 0.15) is 11.3 Å². The summed E-state index contributed by atoms with van der Waals surface area (Å²) in [5.74, 6) is 1.21. The number of rotatable bonds is 4. The van der Waals surface area contributed by atoms with Crippen molar-refractivity contribution >= 4 is 32.7 Å². The molecule has 138 valence electrons. The fourth-order valence-corrected chi connectivity index (χ4v) is 3.61. The normalized spacial score (nSPS) is 11.7. The summed E-state index contributed by atoms with van der Waals surface area (Å²) in [6, 6.07) is 14.3. The van der Waals surface area contributed by atoms with E-state index in [1.54, 1.807) is 7.11 Å². The third-order valence-electron chi connectivity index (χ3n) is 4.24. The number of fused-ring (bicyclic) bond motifs is 1. The molecule has 4 aromatic rings. The monoisotopic (exact) mass is 380 g/mol. The molecule has 0 saturated carbocycles. The number of anilines is 2. The van der Waals surface area contributed by atoms with Crippen LogP contribution in [0.3, 0.4) is 0 Å². The molecule has 0 aliphatic rings. The molecular formula is C20H20N4O2S. The van der Waals surface area contributed by atoms with Crippen molar-refractivity contribution in [2.45, 2.75) is 26.2 Å². The van der Waals surface area contributed by atoms with E-state index >= 15 is 0 Å². The van der Waals surface area contributed by atoms with Crippen LogP contribution in [0.2, 0.25) is 0 Å². The Morgan fingerprint density at radius 3 is 2.52 bits per heavy atom. The van der Waals surface area contributed by atoms with E-state index in [1.807, 2.05) is 30.3 Å². The Morgan fingerprint density at radius 1 is 1.04 bits per heavy atom. The van der Waals surface area contributed by atoms with Crippen LogP contribution in [0.1, 0.15) is 26.3 Å². The molecule has 2 heterocycles. The molecule has 0 bridgehead atoms. The van der Waals surface area contributed by atoms with Crippen molar-refractivity contribution in [1.29, 1.82) is 0 Å². The summed E-state index contributed by atoms with van der Waals surface area (Å²) in [7, 11) is 1.64. The van der Waals surface area contributed by atoms with E-state index in [0.29, 0.717) is 17.0 Å². The first kappa shape index (κ1) is 17.5. The molecule has 2 aromatic heterocycles. The summed E-state index contributed by atoms with van der Waals surface area (Å²) >= 11 is 1.50. The molecule has 4 rings (SSSR count). The number of hydrogen-bond donors (Lipinski definition) is 1. The third-order valence-corrected chi connectivity index (χ3v) is 5.17. The van der Waals surface area contributed by atoms with Crippen molar-refractivity contribution in [2.24, 2.45) is 0 Å². The lowest BCUT2D eigenvalue weighted by atomic mass is 9.87. The molecule has 27 heavy (non-hydrogen) atoms. The van der Waals surface area contributed by atoms with Crippen LogP contribution in [0.15, 0.2) is 46.9 Å². The second-order valence-electron chi connectivity index (χ2n) is 7.19. The molecule has 7 heteroatoms. The average Bonchev–Trinajstić information content (AvgIpc) is 3.27. The highest BCUT2D eigenvalue weighted by atomic mass is 32.1. The Bertz CT molecular complexity index is 1080. The van der Waals surface area contributed by atoms with Crippen LogP contribution in [0.4, 0.5) is 11.1 Å². The molecule has 0 aliphatic carbocycles. The molecule has 0 spiro atoms. The zero-order chi connectivity index (χ0) is 19.0. The van der Waals surface area contributed by atoms with Gasteiger partial charge in [-0.05, 0) is 35.2 Å². The minimum atomic E-state index is 0.105. The number of aromatic nitrogens is 3. The van der Waals surface area contributed by atoms with Gasteiger partial charge in [-0.15, -0.1) is 5.10 Å². The Morgan fingerprint density at radius 2 is 1.81 bits per heavy atom. The summed E-state index contributed by atoms with van der Waals surface area (Å²) in [5, 5.41) is 12.0. The van der Waals surface area contributed by atoms with Crippen LogP contribution < -0.4 is 10.1 Å². The minimum Gasteiger partial charge on any atom is -0.494 e.